The van der Waals surface area contributed by atoms with Crippen LogP contribution in [0.15, 0.2) is 115 Å². The highest BCUT2D eigenvalue weighted by atomic mass is 31.2. The van der Waals surface area contributed by atoms with Crippen molar-refractivity contribution in [1.29, 1.82) is 0 Å². The largest absolute Gasteiger partial charge is 0.492 e. The maximum Gasteiger partial charge on any atom is 0.188 e. The molecule has 0 fully saturated rings. The molecule has 7 nitrogen and oxygen atoms in total. The minimum Gasteiger partial charge on any atom is -0.492 e. The number of ether oxygens (including phenoxy) is 6. The van der Waals surface area contributed by atoms with Crippen LogP contribution in [0.4, 0.5) is 0 Å². The molecule has 0 atom stereocenters. The summed E-state index contributed by atoms with van der Waals surface area (Å²) in [6, 6.07) is 36.4. The van der Waals surface area contributed by atoms with Crippen LogP contribution in [-0.2, 0) is 5.60 Å². The molecule has 0 aliphatic heterocycles. The molecule has 238 valence electrons. The van der Waals surface area contributed by atoms with Crippen molar-refractivity contribution in [2.24, 2.45) is 0 Å². The van der Waals surface area contributed by atoms with Crippen molar-refractivity contribution >= 4 is 23.2 Å². The highest BCUT2D eigenvalue weighted by Crippen LogP contribution is 2.68. The van der Waals surface area contributed by atoms with Gasteiger partial charge in [0.1, 0.15) is 19.0 Å². The van der Waals surface area contributed by atoms with E-state index in [0.717, 1.165) is 15.9 Å². The highest BCUT2D eigenvalue weighted by molar-refractivity contribution is 7.96. The zero-order valence-electron chi connectivity index (χ0n) is 27.0. The number of aliphatic hydroxyl groups is 1. The Hall–Kier alpha value is -4.71. The fourth-order valence-electron chi connectivity index (χ4n) is 6.32. The summed E-state index contributed by atoms with van der Waals surface area (Å²) in [5.74, 6) is 3.40. The van der Waals surface area contributed by atoms with E-state index < -0.39 is 12.9 Å². The van der Waals surface area contributed by atoms with Crippen molar-refractivity contribution in [2.75, 3.05) is 48.8 Å². The summed E-state index contributed by atoms with van der Waals surface area (Å²) in [5.41, 5.74) is -0.135. The second kappa shape index (κ2) is 14.2. The number of hydrogen-bond donors (Lipinski definition) is 1. The highest BCUT2D eigenvalue weighted by Gasteiger charge is 2.61. The van der Waals surface area contributed by atoms with E-state index in [9.17, 15) is 5.11 Å². The molecule has 0 unspecified atom stereocenters. The van der Waals surface area contributed by atoms with Crippen LogP contribution in [0.2, 0.25) is 0 Å². The van der Waals surface area contributed by atoms with Crippen molar-refractivity contribution in [2.45, 2.75) is 5.60 Å². The first-order valence-electron chi connectivity index (χ1n) is 14.8. The van der Waals surface area contributed by atoms with Gasteiger partial charge >= 0.3 is 0 Å². The van der Waals surface area contributed by atoms with Crippen molar-refractivity contribution in [3.63, 3.8) is 0 Å². The fourth-order valence-corrected chi connectivity index (χ4v) is 11.8. The molecule has 0 aliphatic rings. The molecule has 0 spiro atoms. The van der Waals surface area contributed by atoms with Gasteiger partial charge in [0.2, 0.25) is 0 Å². The lowest BCUT2D eigenvalue weighted by molar-refractivity contribution is 0.106. The van der Waals surface area contributed by atoms with Crippen LogP contribution < -0.4 is 44.3 Å². The zero-order chi connectivity index (χ0) is 32.7. The summed E-state index contributed by atoms with van der Waals surface area (Å²) in [6.07, 6.45) is 0.123. The van der Waals surface area contributed by atoms with Gasteiger partial charge in [-0.25, -0.2) is 0 Å². The molecule has 0 saturated carbocycles. The summed E-state index contributed by atoms with van der Waals surface area (Å²) >= 11 is 0. The molecule has 0 aromatic heterocycles. The third-order valence-corrected chi connectivity index (χ3v) is 12.9. The predicted octanol–water partition coefficient (Wildman–Crippen LogP) is 5.97. The molecule has 0 heterocycles. The van der Waals surface area contributed by atoms with E-state index in [-0.39, 0.29) is 6.16 Å². The maximum absolute atomic E-state index is 13.4. The van der Waals surface area contributed by atoms with Crippen LogP contribution in [0, 0.1) is 0 Å². The summed E-state index contributed by atoms with van der Waals surface area (Å²) in [6.45, 7) is 0. The van der Waals surface area contributed by atoms with E-state index in [1.165, 1.54) is 0 Å². The smallest absolute Gasteiger partial charge is 0.188 e. The third-order valence-electron chi connectivity index (χ3n) is 8.32. The Labute approximate surface area is 271 Å². The van der Waals surface area contributed by atoms with Gasteiger partial charge in [-0.1, -0.05) is 78.9 Å². The summed E-state index contributed by atoms with van der Waals surface area (Å²) in [7, 11) is 6.46. The number of methoxy groups -OCH3 is 6. The van der Waals surface area contributed by atoms with E-state index in [0.29, 0.717) is 45.6 Å². The Kier molecular flexibility index (Phi) is 10.1. The molecule has 0 saturated heterocycles. The lowest BCUT2D eigenvalue weighted by atomic mass is 9.88. The normalized spacial score (nSPS) is 11.5. The first-order valence-corrected chi connectivity index (χ1v) is 16.8. The predicted molar refractivity (Wildman–Crippen MR) is 185 cm³/mol. The Morgan fingerprint density at radius 3 is 0.913 bits per heavy atom. The first kappa shape index (κ1) is 32.7. The van der Waals surface area contributed by atoms with Gasteiger partial charge in [0, 0.05) is 0 Å². The van der Waals surface area contributed by atoms with Crippen LogP contribution >= 0.6 is 7.26 Å². The van der Waals surface area contributed by atoms with Gasteiger partial charge in [0.05, 0.1) is 42.7 Å². The molecular weight excluding hydrogens is 599 g/mol. The molecule has 46 heavy (non-hydrogen) atoms. The van der Waals surface area contributed by atoms with Crippen molar-refractivity contribution < 1.29 is 33.5 Å². The lowest BCUT2D eigenvalue weighted by Crippen LogP contribution is -2.44. The Morgan fingerprint density at radius 2 is 0.674 bits per heavy atom. The first-order chi connectivity index (χ1) is 22.4. The minimum atomic E-state index is -3.33. The van der Waals surface area contributed by atoms with Crippen molar-refractivity contribution in [1.82, 2.24) is 0 Å². The molecule has 0 radical (unpaired) electrons. The lowest BCUT2D eigenvalue weighted by Gasteiger charge is -2.38. The van der Waals surface area contributed by atoms with Crippen molar-refractivity contribution in [3.8, 4) is 34.5 Å². The Bertz CT molecular complexity index is 1520. The number of hydrogen-bond acceptors (Lipinski definition) is 7. The van der Waals surface area contributed by atoms with E-state index >= 15 is 0 Å². The SMILES string of the molecule is COc1cccc(OC)c1[P+](CC(O)(c1ccccc1)c1ccccc1)(c1c(OC)cccc1OC)c1c(OC)cccc1OC. The van der Waals surface area contributed by atoms with Gasteiger partial charge in [-0.05, 0) is 47.5 Å². The topological polar surface area (TPSA) is 75.6 Å². The number of rotatable bonds is 13. The standard InChI is InChI=1S/C38H40O7P/c1-40-29-20-13-21-30(41-2)35(29)46(36-31(42-3)22-14-23-32(36)43-4,37-33(44-5)24-15-25-34(37)45-6)26-38(39,27-16-9-7-10-17-27)28-18-11-8-12-19-28/h7-25,39H,26H2,1-6H3/q+1. The summed E-state index contributed by atoms with van der Waals surface area (Å²) in [4.78, 5) is 0. The van der Waals surface area contributed by atoms with Crippen LogP contribution in [-0.4, -0.2) is 53.9 Å². The average molecular weight is 640 g/mol. The van der Waals surface area contributed by atoms with Gasteiger partial charge in [-0.3, -0.25) is 0 Å². The molecule has 0 bridgehead atoms. The third kappa shape index (κ3) is 5.61. The van der Waals surface area contributed by atoms with Crippen molar-refractivity contribution in [3.05, 3.63) is 126 Å². The monoisotopic (exact) mass is 639 g/mol. The van der Waals surface area contributed by atoms with Crippen LogP contribution in [0.1, 0.15) is 11.1 Å². The summed E-state index contributed by atoms with van der Waals surface area (Å²) in [5, 5.41) is 15.6. The minimum absolute atomic E-state index is 0.123. The molecule has 0 aliphatic carbocycles. The van der Waals surface area contributed by atoms with E-state index in [4.69, 9.17) is 28.4 Å². The molecule has 8 heteroatoms. The van der Waals surface area contributed by atoms with Crippen LogP contribution in [0.5, 0.6) is 34.5 Å². The Balaban J connectivity index is 2.12. The van der Waals surface area contributed by atoms with E-state index in [1.807, 2.05) is 115 Å². The molecule has 0 amide bonds. The average Bonchev–Trinajstić information content (AvgIpc) is 3.13. The molecule has 5 aromatic carbocycles. The van der Waals surface area contributed by atoms with Gasteiger partial charge in [-0.15, -0.1) is 0 Å². The Morgan fingerprint density at radius 1 is 0.413 bits per heavy atom. The van der Waals surface area contributed by atoms with Gasteiger partial charge in [0.15, 0.2) is 50.4 Å². The van der Waals surface area contributed by atoms with Crippen LogP contribution in [0.3, 0.4) is 0 Å². The second-order valence-corrected chi connectivity index (χ2v) is 13.9. The summed E-state index contributed by atoms with van der Waals surface area (Å²) < 4.78 is 37.0. The molecule has 1 N–H and O–H groups in total. The molecule has 5 rings (SSSR count). The zero-order valence-corrected chi connectivity index (χ0v) is 27.9. The van der Waals surface area contributed by atoms with E-state index in [1.54, 1.807) is 42.7 Å². The van der Waals surface area contributed by atoms with E-state index in [2.05, 4.69) is 0 Å². The molecule has 5 aromatic rings. The molecular formula is C38H40O7P+. The van der Waals surface area contributed by atoms with Crippen LogP contribution in [0.25, 0.3) is 0 Å². The van der Waals surface area contributed by atoms with Gasteiger partial charge < -0.3 is 33.5 Å². The quantitative estimate of drug-likeness (QED) is 0.159. The van der Waals surface area contributed by atoms with Gasteiger partial charge in [-0.2, -0.15) is 0 Å². The van der Waals surface area contributed by atoms with Gasteiger partial charge in [0.25, 0.3) is 0 Å². The number of benzene rings is 5. The fraction of sp³-hybridized carbons (Fsp3) is 0.211. The second-order valence-electron chi connectivity index (χ2n) is 10.6. The maximum atomic E-state index is 13.4.